The van der Waals surface area contributed by atoms with E-state index in [0.29, 0.717) is 26.3 Å². The largest absolute Gasteiger partial charge is 0.467 e. The summed E-state index contributed by atoms with van der Waals surface area (Å²) in [4.78, 5) is 22.4. The van der Waals surface area contributed by atoms with Crippen LogP contribution < -0.4 is 4.90 Å². The van der Waals surface area contributed by atoms with Gasteiger partial charge >= 0.3 is 0 Å². The highest BCUT2D eigenvalue weighted by molar-refractivity contribution is 5.84. The van der Waals surface area contributed by atoms with Crippen molar-refractivity contribution in [2.45, 2.75) is 46.2 Å². The SMILES string of the molecule is CC(C)C(=O)N(Cc1ccco1)Cc1cc2cc3c(cc2nc1N1CCOCC1)CCC3. The van der Waals surface area contributed by atoms with E-state index in [1.165, 1.54) is 17.5 Å². The summed E-state index contributed by atoms with van der Waals surface area (Å²) in [5, 5.41) is 1.16. The highest BCUT2D eigenvalue weighted by atomic mass is 16.5. The highest BCUT2D eigenvalue weighted by Crippen LogP contribution is 2.31. The number of rotatable bonds is 6. The molecule has 0 radical (unpaired) electrons. The summed E-state index contributed by atoms with van der Waals surface area (Å²) in [6.45, 7) is 7.87. The number of fused-ring (bicyclic) bond motifs is 2. The van der Waals surface area contributed by atoms with E-state index in [0.717, 1.165) is 54.0 Å². The van der Waals surface area contributed by atoms with Gasteiger partial charge in [-0.25, -0.2) is 4.98 Å². The fourth-order valence-electron chi connectivity index (χ4n) is 4.82. The molecule has 1 aliphatic carbocycles. The summed E-state index contributed by atoms with van der Waals surface area (Å²) in [6, 6.07) is 10.6. The zero-order chi connectivity index (χ0) is 22.1. The number of pyridine rings is 1. The van der Waals surface area contributed by atoms with Gasteiger partial charge in [0.2, 0.25) is 5.91 Å². The predicted octanol–water partition coefficient (Wildman–Crippen LogP) is 4.34. The second-order valence-corrected chi connectivity index (χ2v) is 9.17. The first kappa shape index (κ1) is 21.0. The number of hydrogen-bond acceptors (Lipinski definition) is 5. The van der Waals surface area contributed by atoms with E-state index in [2.05, 4.69) is 23.1 Å². The number of carbonyl (C=O) groups excluding carboxylic acids is 1. The van der Waals surface area contributed by atoms with Gasteiger partial charge in [0, 0.05) is 36.5 Å². The van der Waals surface area contributed by atoms with Crippen molar-refractivity contribution in [2.24, 2.45) is 5.92 Å². The van der Waals surface area contributed by atoms with Gasteiger partial charge in [-0.15, -0.1) is 0 Å². The van der Waals surface area contributed by atoms with Crippen LogP contribution in [0.15, 0.2) is 41.0 Å². The van der Waals surface area contributed by atoms with Crippen LogP contribution in [0.4, 0.5) is 5.82 Å². The average molecular weight is 434 g/mol. The Bertz CT molecular complexity index is 1100. The molecule has 0 atom stereocenters. The fourth-order valence-corrected chi connectivity index (χ4v) is 4.82. The number of benzene rings is 1. The zero-order valence-corrected chi connectivity index (χ0v) is 19.0. The third kappa shape index (κ3) is 4.24. The van der Waals surface area contributed by atoms with Crippen molar-refractivity contribution in [1.82, 2.24) is 9.88 Å². The molecule has 3 aromatic rings. The number of hydrogen-bond donors (Lipinski definition) is 0. The van der Waals surface area contributed by atoms with E-state index in [9.17, 15) is 4.79 Å². The lowest BCUT2D eigenvalue weighted by molar-refractivity contribution is -0.136. The van der Waals surface area contributed by atoms with Crippen molar-refractivity contribution < 1.29 is 13.9 Å². The number of amides is 1. The molecule has 1 amide bonds. The maximum Gasteiger partial charge on any atom is 0.225 e. The Morgan fingerprint density at radius 2 is 1.91 bits per heavy atom. The third-order valence-corrected chi connectivity index (χ3v) is 6.49. The van der Waals surface area contributed by atoms with E-state index in [4.69, 9.17) is 14.1 Å². The number of ether oxygens (including phenoxy) is 1. The molecule has 0 spiro atoms. The number of morpholine rings is 1. The van der Waals surface area contributed by atoms with Gasteiger partial charge in [-0.1, -0.05) is 13.8 Å². The first-order valence-electron chi connectivity index (χ1n) is 11.7. The highest BCUT2D eigenvalue weighted by Gasteiger charge is 2.24. The van der Waals surface area contributed by atoms with E-state index >= 15 is 0 Å². The minimum atomic E-state index is -0.0894. The molecule has 0 saturated carbocycles. The normalized spacial score (nSPS) is 16.0. The van der Waals surface area contributed by atoms with Crippen molar-refractivity contribution in [1.29, 1.82) is 0 Å². The Morgan fingerprint density at radius 3 is 2.62 bits per heavy atom. The Morgan fingerprint density at radius 1 is 1.12 bits per heavy atom. The fraction of sp³-hybridized carbons (Fsp3) is 0.462. The maximum absolute atomic E-state index is 13.1. The zero-order valence-electron chi connectivity index (χ0n) is 19.0. The van der Waals surface area contributed by atoms with Crippen LogP contribution in [0.2, 0.25) is 0 Å². The van der Waals surface area contributed by atoms with Crippen LogP contribution in [0.25, 0.3) is 10.9 Å². The number of nitrogens with zero attached hydrogens (tertiary/aromatic N) is 3. The van der Waals surface area contributed by atoms with Crippen molar-refractivity contribution >= 4 is 22.6 Å². The van der Waals surface area contributed by atoms with E-state index in [1.807, 2.05) is 30.9 Å². The molecule has 0 bridgehead atoms. The van der Waals surface area contributed by atoms with Crippen LogP contribution in [0, 0.1) is 5.92 Å². The second-order valence-electron chi connectivity index (χ2n) is 9.17. The second kappa shape index (κ2) is 8.94. The molecular weight excluding hydrogens is 402 g/mol. The lowest BCUT2D eigenvalue weighted by Gasteiger charge is -2.31. The molecule has 3 heterocycles. The van der Waals surface area contributed by atoms with Gasteiger partial charge in [0.05, 0.1) is 31.5 Å². The summed E-state index contributed by atoms with van der Waals surface area (Å²) >= 11 is 0. The monoisotopic (exact) mass is 433 g/mol. The van der Waals surface area contributed by atoms with Gasteiger partial charge in [0.25, 0.3) is 0 Å². The van der Waals surface area contributed by atoms with Gasteiger partial charge in [0.1, 0.15) is 11.6 Å². The molecule has 32 heavy (non-hydrogen) atoms. The number of carbonyl (C=O) groups is 1. The van der Waals surface area contributed by atoms with Crippen LogP contribution in [-0.2, 0) is 35.5 Å². The van der Waals surface area contributed by atoms with E-state index < -0.39 is 0 Å². The molecule has 168 valence electrons. The quantitative estimate of drug-likeness (QED) is 0.579. The first-order valence-corrected chi connectivity index (χ1v) is 11.7. The Hall–Kier alpha value is -2.86. The molecule has 1 aliphatic heterocycles. The van der Waals surface area contributed by atoms with Crippen LogP contribution in [0.5, 0.6) is 0 Å². The van der Waals surface area contributed by atoms with Crippen LogP contribution in [-0.4, -0.2) is 42.1 Å². The summed E-state index contributed by atoms with van der Waals surface area (Å²) in [7, 11) is 0. The van der Waals surface area contributed by atoms with Crippen molar-refractivity contribution in [3.63, 3.8) is 0 Å². The lowest BCUT2D eigenvalue weighted by Crippen LogP contribution is -2.38. The minimum absolute atomic E-state index is 0.0894. The van der Waals surface area contributed by atoms with Crippen LogP contribution >= 0.6 is 0 Å². The van der Waals surface area contributed by atoms with Crippen LogP contribution in [0.3, 0.4) is 0 Å². The van der Waals surface area contributed by atoms with E-state index in [-0.39, 0.29) is 11.8 Å². The molecular formula is C26H31N3O3. The van der Waals surface area contributed by atoms with Gasteiger partial charge in [0.15, 0.2) is 0 Å². The molecule has 0 unspecified atom stereocenters. The molecule has 6 nitrogen and oxygen atoms in total. The summed E-state index contributed by atoms with van der Waals surface area (Å²) < 4.78 is 11.1. The molecule has 1 saturated heterocycles. The molecule has 1 aromatic carbocycles. The molecule has 2 aromatic heterocycles. The van der Waals surface area contributed by atoms with Gasteiger partial charge < -0.3 is 19.0 Å². The van der Waals surface area contributed by atoms with Crippen molar-refractivity contribution in [3.8, 4) is 0 Å². The lowest BCUT2D eigenvalue weighted by atomic mass is 10.0. The molecule has 6 heteroatoms. The summed E-state index contributed by atoms with van der Waals surface area (Å²) in [6.07, 6.45) is 5.16. The third-order valence-electron chi connectivity index (χ3n) is 6.49. The maximum atomic E-state index is 13.1. The average Bonchev–Trinajstić information content (AvgIpc) is 3.48. The standard InChI is InChI=1S/C26H31N3O3/c1-18(2)26(30)29(17-23-7-4-10-32-23)16-22-14-21-13-19-5-3-6-20(19)15-24(21)27-25(22)28-8-11-31-12-9-28/h4,7,10,13-15,18H,3,5-6,8-9,11-12,16-17H2,1-2H3. The molecule has 5 rings (SSSR count). The number of aryl methyl sites for hydroxylation is 2. The van der Waals surface area contributed by atoms with Crippen molar-refractivity contribution in [2.75, 3.05) is 31.2 Å². The Balaban J connectivity index is 1.56. The molecule has 1 fully saturated rings. The van der Waals surface area contributed by atoms with Gasteiger partial charge in [-0.2, -0.15) is 0 Å². The smallest absolute Gasteiger partial charge is 0.225 e. The molecule has 0 N–H and O–H groups in total. The summed E-state index contributed by atoms with van der Waals surface area (Å²) in [5.74, 6) is 1.79. The number of furan rings is 1. The Labute approximate surface area is 189 Å². The first-order chi connectivity index (χ1) is 15.6. The Kier molecular flexibility index (Phi) is 5.87. The van der Waals surface area contributed by atoms with Crippen molar-refractivity contribution in [3.05, 3.63) is 59.0 Å². The van der Waals surface area contributed by atoms with E-state index in [1.54, 1.807) is 6.26 Å². The number of aromatic nitrogens is 1. The predicted molar refractivity (Wildman–Crippen MR) is 125 cm³/mol. The summed E-state index contributed by atoms with van der Waals surface area (Å²) in [5.41, 5.74) is 5.00. The minimum Gasteiger partial charge on any atom is -0.467 e. The topological polar surface area (TPSA) is 58.8 Å². The van der Waals surface area contributed by atoms with Gasteiger partial charge in [-0.3, -0.25) is 4.79 Å². The number of anilines is 1. The van der Waals surface area contributed by atoms with Gasteiger partial charge in [-0.05, 0) is 60.7 Å². The van der Waals surface area contributed by atoms with Crippen LogP contribution in [0.1, 0.15) is 42.7 Å². The molecule has 2 aliphatic rings.